The molecular formula is C10H14N4O. The van der Waals surface area contributed by atoms with Gasteiger partial charge in [-0.25, -0.2) is 0 Å². The van der Waals surface area contributed by atoms with Crippen LogP contribution in [0.25, 0.3) is 0 Å². The van der Waals surface area contributed by atoms with Crippen molar-refractivity contribution < 1.29 is 4.79 Å². The van der Waals surface area contributed by atoms with Gasteiger partial charge in [-0.1, -0.05) is 0 Å². The van der Waals surface area contributed by atoms with Crippen LogP contribution in [0.1, 0.15) is 30.6 Å². The highest BCUT2D eigenvalue weighted by atomic mass is 16.2. The van der Waals surface area contributed by atoms with Crippen LogP contribution in [0.4, 0.5) is 0 Å². The monoisotopic (exact) mass is 206 g/mol. The number of aromatic amines is 1. The molecule has 1 aromatic rings. The summed E-state index contributed by atoms with van der Waals surface area (Å²) in [5, 5.41) is 14.8. The highest BCUT2D eigenvalue weighted by molar-refractivity contribution is 5.93. The lowest BCUT2D eigenvalue weighted by Crippen LogP contribution is -2.37. The van der Waals surface area contributed by atoms with Gasteiger partial charge in [0.15, 0.2) is 0 Å². The van der Waals surface area contributed by atoms with Gasteiger partial charge in [0.05, 0.1) is 24.3 Å². The summed E-state index contributed by atoms with van der Waals surface area (Å²) in [6.45, 7) is 4.31. The number of carbonyl (C=O) groups excluding carboxylic acids is 1. The summed E-state index contributed by atoms with van der Waals surface area (Å²) < 4.78 is 0. The normalized spacial score (nSPS) is 10.0. The Kier molecular flexibility index (Phi) is 3.86. The molecule has 1 aromatic heterocycles. The summed E-state index contributed by atoms with van der Waals surface area (Å²) >= 11 is 0. The molecule has 1 amide bonds. The van der Waals surface area contributed by atoms with Crippen LogP contribution in [0, 0.1) is 11.3 Å². The third-order valence-corrected chi connectivity index (χ3v) is 2.09. The largest absolute Gasteiger partial charge is 0.335 e. The van der Waals surface area contributed by atoms with Gasteiger partial charge in [0, 0.05) is 18.8 Å². The van der Waals surface area contributed by atoms with Gasteiger partial charge in [-0.15, -0.1) is 0 Å². The summed E-state index contributed by atoms with van der Waals surface area (Å²) in [4.78, 5) is 13.6. The molecule has 0 radical (unpaired) electrons. The average Bonchev–Trinajstić information content (AvgIpc) is 2.70. The van der Waals surface area contributed by atoms with E-state index in [-0.39, 0.29) is 11.9 Å². The third-order valence-electron chi connectivity index (χ3n) is 2.09. The van der Waals surface area contributed by atoms with E-state index in [0.29, 0.717) is 18.5 Å². The maximum atomic E-state index is 11.9. The molecule has 0 spiro atoms. The number of nitriles is 1. The molecular weight excluding hydrogens is 192 g/mol. The number of hydrogen-bond acceptors (Lipinski definition) is 3. The van der Waals surface area contributed by atoms with E-state index in [1.807, 2.05) is 19.9 Å². The van der Waals surface area contributed by atoms with Crippen molar-refractivity contribution in [3.63, 3.8) is 0 Å². The van der Waals surface area contributed by atoms with E-state index < -0.39 is 0 Å². The molecule has 0 atom stereocenters. The van der Waals surface area contributed by atoms with Crippen LogP contribution in [-0.2, 0) is 0 Å². The molecule has 0 saturated carbocycles. The number of nitrogens with zero attached hydrogens (tertiary/aromatic N) is 3. The SMILES string of the molecule is CC(C)N(CCC#N)C(=O)c1cn[nH]c1. The van der Waals surface area contributed by atoms with Gasteiger partial charge in [-0.2, -0.15) is 10.4 Å². The lowest BCUT2D eigenvalue weighted by molar-refractivity contribution is 0.0710. The number of hydrogen-bond donors (Lipinski definition) is 1. The number of amides is 1. The maximum Gasteiger partial charge on any atom is 0.257 e. The Morgan fingerprint density at radius 2 is 2.47 bits per heavy atom. The predicted molar refractivity (Wildman–Crippen MR) is 55.0 cm³/mol. The summed E-state index contributed by atoms with van der Waals surface area (Å²) in [6, 6.07) is 2.12. The van der Waals surface area contributed by atoms with Gasteiger partial charge in [0.1, 0.15) is 0 Å². The van der Waals surface area contributed by atoms with E-state index in [2.05, 4.69) is 10.2 Å². The topological polar surface area (TPSA) is 72.8 Å². The first kappa shape index (κ1) is 11.2. The van der Waals surface area contributed by atoms with Crippen LogP contribution in [0.15, 0.2) is 12.4 Å². The summed E-state index contributed by atoms with van der Waals surface area (Å²) in [5.41, 5.74) is 0.529. The van der Waals surface area contributed by atoms with Crippen LogP contribution in [-0.4, -0.2) is 33.6 Å². The smallest absolute Gasteiger partial charge is 0.257 e. The molecule has 1 rings (SSSR count). The number of nitrogens with one attached hydrogen (secondary N) is 1. The van der Waals surface area contributed by atoms with Crippen LogP contribution < -0.4 is 0 Å². The fourth-order valence-electron chi connectivity index (χ4n) is 1.30. The molecule has 0 saturated heterocycles. The zero-order chi connectivity index (χ0) is 11.3. The Morgan fingerprint density at radius 3 is 2.93 bits per heavy atom. The van der Waals surface area contributed by atoms with Crippen LogP contribution in [0.3, 0.4) is 0 Å². The van der Waals surface area contributed by atoms with Crippen molar-refractivity contribution in [3.8, 4) is 6.07 Å². The van der Waals surface area contributed by atoms with E-state index in [1.54, 1.807) is 11.1 Å². The lowest BCUT2D eigenvalue weighted by Gasteiger charge is -2.25. The van der Waals surface area contributed by atoms with Gasteiger partial charge >= 0.3 is 0 Å². The van der Waals surface area contributed by atoms with Crippen molar-refractivity contribution in [2.75, 3.05) is 6.54 Å². The lowest BCUT2D eigenvalue weighted by atomic mass is 10.2. The molecule has 5 nitrogen and oxygen atoms in total. The molecule has 0 aromatic carbocycles. The molecule has 0 fully saturated rings. The fourth-order valence-corrected chi connectivity index (χ4v) is 1.30. The Bertz CT molecular complexity index is 350. The molecule has 0 unspecified atom stereocenters. The van der Waals surface area contributed by atoms with E-state index >= 15 is 0 Å². The van der Waals surface area contributed by atoms with Gasteiger partial charge in [-0.3, -0.25) is 9.89 Å². The zero-order valence-corrected chi connectivity index (χ0v) is 8.90. The van der Waals surface area contributed by atoms with E-state index in [4.69, 9.17) is 5.26 Å². The van der Waals surface area contributed by atoms with Crippen LogP contribution in [0.5, 0.6) is 0 Å². The van der Waals surface area contributed by atoms with Gasteiger partial charge in [0.2, 0.25) is 0 Å². The molecule has 5 heteroatoms. The van der Waals surface area contributed by atoms with Crippen molar-refractivity contribution >= 4 is 5.91 Å². The summed E-state index contributed by atoms with van der Waals surface area (Å²) in [5.74, 6) is -0.0889. The second kappa shape index (κ2) is 5.15. The summed E-state index contributed by atoms with van der Waals surface area (Å²) in [6.07, 6.45) is 3.40. The van der Waals surface area contributed by atoms with Gasteiger partial charge < -0.3 is 4.90 Å². The molecule has 15 heavy (non-hydrogen) atoms. The van der Waals surface area contributed by atoms with Gasteiger partial charge in [-0.05, 0) is 13.8 Å². The maximum absolute atomic E-state index is 11.9. The van der Waals surface area contributed by atoms with Crippen molar-refractivity contribution in [1.29, 1.82) is 5.26 Å². The number of H-pyrrole nitrogens is 1. The summed E-state index contributed by atoms with van der Waals surface area (Å²) in [7, 11) is 0. The molecule has 0 bridgehead atoms. The average molecular weight is 206 g/mol. The number of aromatic nitrogens is 2. The highest BCUT2D eigenvalue weighted by Gasteiger charge is 2.18. The zero-order valence-electron chi connectivity index (χ0n) is 8.90. The molecule has 0 aliphatic rings. The minimum absolute atomic E-state index is 0.0840. The molecule has 0 aliphatic heterocycles. The second-order valence-electron chi connectivity index (χ2n) is 3.49. The quantitative estimate of drug-likeness (QED) is 0.803. The van der Waals surface area contributed by atoms with Crippen molar-refractivity contribution in [2.45, 2.75) is 26.3 Å². The predicted octanol–water partition coefficient (Wildman–Crippen LogP) is 1.17. The molecule has 1 N–H and O–H groups in total. The number of carbonyl (C=O) groups is 1. The standard InChI is InChI=1S/C10H14N4O/c1-8(2)14(5-3-4-11)10(15)9-6-12-13-7-9/h6-8H,3,5H2,1-2H3,(H,12,13). The first-order chi connectivity index (χ1) is 7.16. The van der Waals surface area contributed by atoms with E-state index in [9.17, 15) is 4.79 Å². The molecule has 0 aliphatic carbocycles. The second-order valence-corrected chi connectivity index (χ2v) is 3.49. The van der Waals surface area contributed by atoms with Crippen LogP contribution in [0.2, 0.25) is 0 Å². The first-order valence-corrected chi connectivity index (χ1v) is 4.83. The Balaban J connectivity index is 2.73. The Labute approximate surface area is 88.7 Å². The van der Waals surface area contributed by atoms with Crippen molar-refractivity contribution in [1.82, 2.24) is 15.1 Å². The van der Waals surface area contributed by atoms with E-state index in [1.165, 1.54) is 6.20 Å². The fraction of sp³-hybridized carbons (Fsp3) is 0.500. The Hall–Kier alpha value is -1.83. The molecule has 1 heterocycles. The Morgan fingerprint density at radius 1 is 1.73 bits per heavy atom. The number of rotatable bonds is 4. The third kappa shape index (κ3) is 2.81. The van der Waals surface area contributed by atoms with Gasteiger partial charge in [0.25, 0.3) is 5.91 Å². The van der Waals surface area contributed by atoms with Crippen LogP contribution >= 0.6 is 0 Å². The van der Waals surface area contributed by atoms with Crippen molar-refractivity contribution in [3.05, 3.63) is 18.0 Å². The minimum Gasteiger partial charge on any atom is -0.335 e. The van der Waals surface area contributed by atoms with Crippen molar-refractivity contribution in [2.24, 2.45) is 0 Å². The first-order valence-electron chi connectivity index (χ1n) is 4.83. The molecule has 80 valence electrons. The minimum atomic E-state index is -0.0889. The highest BCUT2D eigenvalue weighted by Crippen LogP contribution is 2.07. The van der Waals surface area contributed by atoms with E-state index in [0.717, 1.165) is 0 Å².